The molecule has 0 spiro atoms. The molecule has 1 aliphatic rings. The maximum Gasteiger partial charge on any atom is 0.239 e. The molecular weight excluding hydrogens is 162 g/mol. The lowest BCUT2D eigenvalue weighted by molar-refractivity contribution is -0.119. The van der Waals surface area contributed by atoms with E-state index < -0.39 is 0 Å². The zero-order valence-electron chi connectivity index (χ0n) is 6.33. The van der Waals surface area contributed by atoms with E-state index in [4.69, 9.17) is 5.73 Å². The summed E-state index contributed by atoms with van der Waals surface area (Å²) in [6.07, 6.45) is 0. The lowest BCUT2D eigenvalue weighted by Gasteiger charge is -2.09. The molecule has 0 aromatic carbocycles. The summed E-state index contributed by atoms with van der Waals surface area (Å²) in [7, 11) is 0. The van der Waals surface area contributed by atoms with Crippen molar-refractivity contribution >= 4 is 22.8 Å². The fourth-order valence-electron chi connectivity index (χ4n) is 0.679. The first-order chi connectivity index (χ1) is 5.20. The van der Waals surface area contributed by atoms with Crippen LogP contribution in [0, 0.1) is 0 Å². The molecule has 62 valence electrons. The lowest BCUT2D eigenvalue weighted by Crippen LogP contribution is -2.40. The van der Waals surface area contributed by atoms with Crippen LogP contribution in [0.1, 0.15) is 6.92 Å². The van der Waals surface area contributed by atoms with Gasteiger partial charge in [-0.05, 0) is 6.92 Å². The molecule has 1 amide bonds. The number of carbonyl (C=O) groups is 1. The van der Waals surface area contributed by atoms with Crippen molar-refractivity contribution in [3.8, 4) is 0 Å². The second-order valence-electron chi connectivity index (χ2n) is 2.30. The number of nitrogens with two attached hydrogens (primary N) is 1. The van der Waals surface area contributed by atoms with Crippen LogP contribution in [-0.4, -0.2) is 29.4 Å². The van der Waals surface area contributed by atoms with E-state index >= 15 is 0 Å². The van der Waals surface area contributed by atoms with Gasteiger partial charge in [0.2, 0.25) is 5.91 Å². The van der Waals surface area contributed by atoms with Gasteiger partial charge < -0.3 is 11.1 Å². The Kier molecular flexibility index (Phi) is 2.76. The van der Waals surface area contributed by atoms with Gasteiger partial charge in [-0.2, -0.15) is 0 Å². The minimum atomic E-state index is -0.347. The Labute approximate surface area is 69.6 Å². The van der Waals surface area contributed by atoms with Gasteiger partial charge in [0.05, 0.1) is 6.54 Å². The molecule has 1 atom stereocenters. The number of aliphatic imine (C=N–C) groups is 1. The Morgan fingerprint density at radius 2 is 2.64 bits per heavy atom. The fourth-order valence-corrected chi connectivity index (χ4v) is 1.50. The van der Waals surface area contributed by atoms with Crippen molar-refractivity contribution in [3.63, 3.8) is 0 Å². The normalized spacial score (nSPS) is 19.2. The van der Waals surface area contributed by atoms with Crippen LogP contribution in [0.15, 0.2) is 4.99 Å². The summed E-state index contributed by atoms with van der Waals surface area (Å²) >= 11 is 1.62. The third-order valence-electron chi connectivity index (χ3n) is 1.35. The van der Waals surface area contributed by atoms with E-state index in [0.29, 0.717) is 0 Å². The summed E-state index contributed by atoms with van der Waals surface area (Å²) in [5, 5.41) is 3.75. The van der Waals surface area contributed by atoms with Crippen molar-refractivity contribution < 1.29 is 4.79 Å². The molecule has 0 saturated heterocycles. The maximum atomic E-state index is 10.6. The topological polar surface area (TPSA) is 67.5 Å². The summed E-state index contributed by atoms with van der Waals surface area (Å²) in [5.41, 5.74) is 5.05. The molecule has 3 N–H and O–H groups in total. The molecule has 0 radical (unpaired) electrons. The standard InChI is InChI=1S/C6H11N3OS/c1-4(5(7)10)9-6-8-2-3-11-6/h4H,2-3H2,1H3,(H2,7,10)(H,8,9). The van der Waals surface area contributed by atoms with E-state index in [2.05, 4.69) is 10.3 Å². The monoisotopic (exact) mass is 173 g/mol. The number of hydrogen-bond donors (Lipinski definition) is 2. The second-order valence-corrected chi connectivity index (χ2v) is 3.39. The molecule has 0 saturated carbocycles. The molecule has 5 heteroatoms. The van der Waals surface area contributed by atoms with E-state index in [-0.39, 0.29) is 11.9 Å². The molecule has 0 aliphatic carbocycles. The highest BCUT2D eigenvalue weighted by Crippen LogP contribution is 2.09. The Morgan fingerprint density at radius 1 is 1.91 bits per heavy atom. The average molecular weight is 173 g/mol. The number of amides is 1. The van der Waals surface area contributed by atoms with Gasteiger partial charge in [-0.15, -0.1) is 0 Å². The molecule has 1 heterocycles. The number of primary amides is 1. The third kappa shape index (κ3) is 2.42. The zero-order chi connectivity index (χ0) is 8.27. The van der Waals surface area contributed by atoms with Crippen molar-refractivity contribution in [1.29, 1.82) is 0 Å². The van der Waals surface area contributed by atoms with Crippen molar-refractivity contribution in [2.45, 2.75) is 13.0 Å². The molecule has 1 aliphatic heterocycles. The van der Waals surface area contributed by atoms with Crippen LogP contribution in [0.4, 0.5) is 0 Å². The van der Waals surface area contributed by atoms with Gasteiger partial charge >= 0.3 is 0 Å². The van der Waals surface area contributed by atoms with E-state index in [1.54, 1.807) is 18.7 Å². The predicted octanol–water partition coefficient (Wildman–Crippen LogP) is -0.447. The molecule has 1 rings (SSSR count). The molecular formula is C6H11N3OS. The van der Waals surface area contributed by atoms with E-state index in [9.17, 15) is 4.79 Å². The van der Waals surface area contributed by atoms with Gasteiger partial charge in [-0.25, -0.2) is 0 Å². The highest BCUT2D eigenvalue weighted by Gasteiger charge is 2.13. The summed E-state index contributed by atoms with van der Waals surface area (Å²) in [6.45, 7) is 2.56. The second kappa shape index (κ2) is 3.61. The van der Waals surface area contributed by atoms with Crippen LogP contribution in [0.3, 0.4) is 0 Å². The first kappa shape index (κ1) is 8.39. The van der Waals surface area contributed by atoms with Crippen LogP contribution < -0.4 is 11.1 Å². The summed E-state index contributed by atoms with van der Waals surface area (Å²) in [4.78, 5) is 14.7. The Morgan fingerprint density at radius 3 is 3.09 bits per heavy atom. The SMILES string of the molecule is CC(NC1=NCCS1)C(N)=O. The molecule has 11 heavy (non-hydrogen) atoms. The smallest absolute Gasteiger partial charge is 0.239 e. The van der Waals surface area contributed by atoms with Crippen LogP contribution in [0.25, 0.3) is 0 Å². The maximum absolute atomic E-state index is 10.6. The van der Waals surface area contributed by atoms with Crippen LogP contribution in [0.5, 0.6) is 0 Å². The summed E-state index contributed by atoms with van der Waals surface area (Å²) < 4.78 is 0. The first-order valence-electron chi connectivity index (χ1n) is 3.43. The van der Waals surface area contributed by atoms with Gasteiger partial charge in [0, 0.05) is 5.75 Å². The van der Waals surface area contributed by atoms with Crippen molar-refractivity contribution in [3.05, 3.63) is 0 Å². The number of rotatable bonds is 2. The number of nitrogens with zero attached hydrogens (tertiary/aromatic N) is 1. The molecule has 1 unspecified atom stereocenters. The molecule has 0 aromatic heterocycles. The average Bonchev–Trinajstić information content (AvgIpc) is 2.39. The molecule has 4 nitrogen and oxygen atoms in total. The largest absolute Gasteiger partial charge is 0.368 e. The highest BCUT2D eigenvalue weighted by atomic mass is 32.2. The number of thioether (sulfide) groups is 1. The molecule has 0 bridgehead atoms. The van der Waals surface area contributed by atoms with Crippen LogP contribution >= 0.6 is 11.8 Å². The quantitative estimate of drug-likeness (QED) is 0.594. The third-order valence-corrected chi connectivity index (χ3v) is 2.26. The van der Waals surface area contributed by atoms with Gasteiger partial charge in [0.25, 0.3) is 0 Å². The fraction of sp³-hybridized carbons (Fsp3) is 0.667. The van der Waals surface area contributed by atoms with E-state index in [0.717, 1.165) is 17.5 Å². The Hall–Kier alpha value is -0.710. The number of amidine groups is 1. The van der Waals surface area contributed by atoms with Gasteiger partial charge in [-0.3, -0.25) is 9.79 Å². The minimum absolute atomic E-state index is 0.320. The Balaban J connectivity index is 2.35. The number of carbonyl (C=O) groups excluding carboxylic acids is 1. The lowest BCUT2D eigenvalue weighted by atomic mass is 10.3. The minimum Gasteiger partial charge on any atom is -0.368 e. The van der Waals surface area contributed by atoms with Crippen LogP contribution in [0.2, 0.25) is 0 Å². The summed E-state index contributed by atoms with van der Waals surface area (Å²) in [5.74, 6) is 0.647. The zero-order valence-corrected chi connectivity index (χ0v) is 7.15. The number of hydrogen-bond acceptors (Lipinski definition) is 4. The number of nitrogens with one attached hydrogen (secondary N) is 1. The Bertz CT molecular complexity index is 192. The van der Waals surface area contributed by atoms with Crippen molar-refractivity contribution in [1.82, 2.24) is 5.32 Å². The van der Waals surface area contributed by atoms with Crippen molar-refractivity contribution in [2.75, 3.05) is 12.3 Å². The van der Waals surface area contributed by atoms with E-state index in [1.807, 2.05) is 0 Å². The molecule has 0 aromatic rings. The van der Waals surface area contributed by atoms with Gasteiger partial charge in [0.15, 0.2) is 5.17 Å². The summed E-state index contributed by atoms with van der Waals surface area (Å²) in [6, 6.07) is -0.320. The molecule has 0 fully saturated rings. The van der Waals surface area contributed by atoms with Gasteiger partial charge in [0.1, 0.15) is 6.04 Å². The van der Waals surface area contributed by atoms with Crippen LogP contribution in [-0.2, 0) is 4.79 Å². The van der Waals surface area contributed by atoms with Crippen molar-refractivity contribution in [2.24, 2.45) is 10.7 Å². The van der Waals surface area contributed by atoms with E-state index in [1.165, 1.54) is 0 Å². The highest BCUT2D eigenvalue weighted by molar-refractivity contribution is 8.14. The predicted molar refractivity (Wildman–Crippen MR) is 46.6 cm³/mol. The first-order valence-corrected chi connectivity index (χ1v) is 4.42. The van der Waals surface area contributed by atoms with Gasteiger partial charge in [-0.1, -0.05) is 11.8 Å².